The molecule has 1 heterocycles. The third-order valence-electron chi connectivity index (χ3n) is 2.48. The Morgan fingerprint density at radius 1 is 1.54 bits per heavy atom. The molecule has 1 aliphatic rings. The highest BCUT2D eigenvalue weighted by Crippen LogP contribution is 2.25. The molecule has 0 spiro atoms. The average Bonchev–Trinajstić information content (AvgIpc) is 2.50. The van der Waals surface area contributed by atoms with E-state index in [1.54, 1.807) is 0 Å². The molecule has 0 aliphatic carbocycles. The van der Waals surface area contributed by atoms with Gasteiger partial charge in [-0.15, -0.1) is 0 Å². The fourth-order valence-corrected chi connectivity index (χ4v) is 1.77. The van der Waals surface area contributed by atoms with Crippen LogP contribution in [0.2, 0.25) is 0 Å². The van der Waals surface area contributed by atoms with Gasteiger partial charge in [-0.25, -0.2) is 0 Å². The standard InChI is InChI=1S/C10H12N2O/c1-2-6-3-4-8(11)9-7(6)5-12-10(9)13/h3-4H,2,5,11H2,1H3,(H,12,13). The lowest BCUT2D eigenvalue weighted by Crippen LogP contribution is -2.13. The molecule has 68 valence electrons. The van der Waals surface area contributed by atoms with Crippen LogP contribution in [-0.2, 0) is 13.0 Å². The number of fused-ring (bicyclic) bond motifs is 1. The molecule has 0 saturated heterocycles. The molecule has 0 unspecified atom stereocenters. The zero-order chi connectivity index (χ0) is 9.42. The van der Waals surface area contributed by atoms with E-state index in [1.807, 2.05) is 12.1 Å². The van der Waals surface area contributed by atoms with E-state index in [9.17, 15) is 4.79 Å². The normalized spacial score (nSPS) is 14.1. The van der Waals surface area contributed by atoms with Gasteiger partial charge in [-0.1, -0.05) is 13.0 Å². The lowest BCUT2D eigenvalue weighted by molar-refractivity contribution is 0.0966. The van der Waals surface area contributed by atoms with Crippen LogP contribution in [0.25, 0.3) is 0 Å². The van der Waals surface area contributed by atoms with Gasteiger partial charge in [-0.2, -0.15) is 0 Å². The molecule has 13 heavy (non-hydrogen) atoms. The van der Waals surface area contributed by atoms with E-state index in [2.05, 4.69) is 12.2 Å². The highest BCUT2D eigenvalue weighted by molar-refractivity contribution is 6.03. The van der Waals surface area contributed by atoms with E-state index in [0.717, 1.165) is 12.0 Å². The summed E-state index contributed by atoms with van der Waals surface area (Å²) in [6.07, 6.45) is 0.942. The van der Waals surface area contributed by atoms with Gasteiger partial charge >= 0.3 is 0 Å². The molecular formula is C10H12N2O. The van der Waals surface area contributed by atoms with Crippen molar-refractivity contribution in [2.45, 2.75) is 19.9 Å². The summed E-state index contributed by atoms with van der Waals surface area (Å²) in [4.78, 5) is 11.4. The summed E-state index contributed by atoms with van der Waals surface area (Å²) in [5.41, 5.74) is 9.28. The lowest BCUT2D eigenvalue weighted by atomic mass is 10.00. The molecule has 0 atom stereocenters. The summed E-state index contributed by atoms with van der Waals surface area (Å²) in [5.74, 6) is -0.0391. The molecule has 0 bridgehead atoms. The van der Waals surface area contributed by atoms with Crippen molar-refractivity contribution in [3.63, 3.8) is 0 Å². The molecule has 3 N–H and O–H groups in total. The Hall–Kier alpha value is -1.51. The minimum Gasteiger partial charge on any atom is -0.398 e. The molecule has 2 rings (SSSR count). The van der Waals surface area contributed by atoms with Crippen molar-refractivity contribution in [2.24, 2.45) is 0 Å². The van der Waals surface area contributed by atoms with Gasteiger partial charge in [0, 0.05) is 12.2 Å². The zero-order valence-corrected chi connectivity index (χ0v) is 7.55. The number of nitrogens with one attached hydrogen (secondary N) is 1. The molecule has 0 radical (unpaired) electrons. The van der Waals surface area contributed by atoms with Crippen LogP contribution in [0.1, 0.15) is 28.4 Å². The molecule has 0 fully saturated rings. The second kappa shape index (κ2) is 2.76. The number of carbonyl (C=O) groups excluding carboxylic acids is 1. The van der Waals surface area contributed by atoms with Crippen molar-refractivity contribution >= 4 is 11.6 Å². The zero-order valence-electron chi connectivity index (χ0n) is 7.55. The van der Waals surface area contributed by atoms with Gasteiger partial charge in [0.1, 0.15) is 0 Å². The van der Waals surface area contributed by atoms with Gasteiger partial charge in [0.2, 0.25) is 0 Å². The molecular weight excluding hydrogens is 164 g/mol. The lowest BCUT2D eigenvalue weighted by Gasteiger charge is -2.05. The minimum atomic E-state index is -0.0391. The largest absolute Gasteiger partial charge is 0.398 e. The number of carbonyl (C=O) groups is 1. The first-order valence-electron chi connectivity index (χ1n) is 4.42. The minimum absolute atomic E-state index is 0.0391. The second-order valence-corrected chi connectivity index (χ2v) is 3.20. The van der Waals surface area contributed by atoms with E-state index >= 15 is 0 Å². The summed E-state index contributed by atoms with van der Waals surface area (Å²) in [6.45, 7) is 2.71. The van der Waals surface area contributed by atoms with Crippen molar-refractivity contribution in [1.82, 2.24) is 5.32 Å². The quantitative estimate of drug-likeness (QED) is 0.629. The van der Waals surface area contributed by atoms with E-state index in [-0.39, 0.29) is 5.91 Å². The van der Waals surface area contributed by atoms with Gasteiger partial charge in [0.25, 0.3) is 5.91 Å². The number of anilines is 1. The average molecular weight is 176 g/mol. The monoisotopic (exact) mass is 176 g/mol. The van der Waals surface area contributed by atoms with Crippen LogP contribution in [0.15, 0.2) is 12.1 Å². The Morgan fingerprint density at radius 2 is 2.31 bits per heavy atom. The smallest absolute Gasteiger partial charge is 0.254 e. The van der Waals surface area contributed by atoms with Gasteiger partial charge in [-0.05, 0) is 23.6 Å². The Morgan fingerprint density at radius 3 is 3.00 bits per heavy atom. The molecule has 1 aliphatic heterocycles. The first kappa shape index (κ1) is 8.10. The summed E-state index contributed by atoms with van der Waals surface area (Å²) in [5, 5.41) is 2.78. The number of hydrogen-bond donors (Lipinski definition) is 2. The Labute approximate surface area is 76.9 Å². The summed E-state index contributed by atoms with van der Waals surface area (Å²) in [7, 11) is 0. The van der Waals surface area contributed by atoms with Gasteiger partial charge in [-0.3, -0.25) is 4.79 Å². The first-order valence-corrected chi connectivity index (χ1v) is 4.42. The number of aryl methyl sites for hydroxylation is 1. The number of nitrogens with two attached hydrogens (primary N) is 1. The van der Waals surface area contributed by atoms with E-state index in [0.29, 0.717) is 17.8 Å². The molecule has 1 aromatic carbocycles. The van der Waals surface area contributed by atoms with Crippen LogP contribution < -0.4 is 11.1 Å². The van der Waals surface area contributed by atoms with E-state index < -0.39 is 0 Å². The molecule has 3 nitrogen and oxygen atoms in total. The third kappa shape index (κ3) is 1.08. The molecule has 3 heteroatoms. The maximum atomic E-state index is 11.4. The summed E-state index contributed by atoms with van der Waals surface area (Å²) in [6, 6.07) is 3.80. The number of benzene rings is 1. The van der Waals surface area contributed by atoms with Gasteiger partial charge in [0.15, 0.2) is 0 Å². The molecule has 0 saturated carbocycles. The predicted molar refractivity (Wildman–Crippen MR) is 51.4 cm³/mol. The van der Waals surface area contributed by atoms with Crippen LogP contribution in [0, 0.1) is 0 Å². The van der Waals surface area contributed by atoms with Crippen molar-refractivity contribution in [1.29, 1.82) is 0 Å². The number of amides is 1. The number of nitrogen functional groups attached to an aromatic ring is 1. The van der Waals surface area contributed by atoms with Crippen molar-refractivity contribution in [3.05, 3.63) is 28.8 Å². The Bertz CT molecular complexity index is 371. The van der Waals surface area contributed by atoms with Crippen molar-refractivity contribution in [2.75, 3.05) is 5.73 Å². The van der Waals surface area contributed by atoms with Gasteiger partial charge in [0.05, 0.1) is 5.56 Å². The van der Waals surface area contributed by atoms with Crippen LogP contribution in [0.4, 0.5) is 5.69 Å². The number of hydrogen-bond acceptors (Lipinski definition) is 2. The highest BCUT2D eigenvalue weighted by atomic mass is 16.1. The second-order valence-electron chi connectivity index (χ2n) is 3.20. The topological polar surface area (TPSA) is 55.1 Å². The van der Waals surface area contributed by atoms with E-state index in [4.69, 9.17) is 5.73 Å². The van der Waals surface area contributed by atoms with Crippen LogP contribution in [0.5, 0.6) is 0 Å². The maximum absolute atomic E-state index is 11.4. The SMILES string of the molecule is CCc1ccc(N)c2c1CNC2=O. The van der Waals surface area contributed by atoms with Crippen LogP contribution >= 0.6 is 0 Å². The third-order valence-corrected chi connectivity index (χ3v) is 2.48. The van der Waals surface area contributed by atoms with Crippen LogP contribution in [-0.4, -0.2) is 5.91 Å². The summed E-state index contributed by atoms with van der Waals surface area (Å²) < 4.78 is 0. The Balaban J connectivity index is 2.65. The fourth-order valence-electron chi connectivity index (χ4n) is 1.77. The van der Waals surface area contributed by atoms with Crippen molar-refractivity contribution < 1.29 is 4.79 Å². The molecule has 1 aromatic rings. The van der Waals surface area contributed by atoms with Gasteiger partial charge < -0.3 is 11.1 Å². The first-order chi connectivity index (χ1) is 6.24. The fraction of sp³-hybridized carbons (Fsp3) is 0.300. The predicted octanol–water partition coefficient (Wildman–Crippen LogP) is 1.07. The van der Waals surface area contributed by atoms with Crippen molar-refractivity contribution in [3.8, 4) is 0 Å². The number of rotatable bonds is 1. The highest BCUT2D eigenvalue weighted by Gasteiger charge is 2.23. The molecule has 0 aromatic heterocycles. The van der Waals surface area contributed by atoms with E-state index in [1.165, 1.54) is 5.56 Å². The maximum Gasteiger partial charge on any atom is 0.254 e. The summed E-state index contributed by atoms with van der Waals surface area (Å²) >= 11 is 0. The van der Waals surface area contributed by atoms with Crippen LogP contribution in [0.3, 0.4) is 0 Å². The Kier molecular flexibility index (Phi) is 1.72. The molecule has 1 amide bonds.